The first kappa shape index (κ1) is 17.1. The number of hydrogen-bond donors (Lipinski definition) is 2. The van der Waals surface area contributed by atoms with Crippen LogP contribution in [0.25, 0.3) is 0 Å². The van der Waals surface area contributed by atoms with Gasteiger partial charge in [-0.15, -0.1) is 0 Å². The molecule has 0 bridgehead atoms. The monoisotopic (exact) mass is 314 g/mol. The summed E-state index contributed by atoms with van der Waals surface area (Å²) >= 11 is 9.65. The molecule has 0 saturated heterocycles. The minimum absolute atomic E-state index is 0.574. The molecule has 3 unspecified atom stereocenters. The smallest absolute Gasteiger partial charge is 0.00478 e. The third-order valence-electron chi connectivity index (χ3n) is 5.79. The van der Waals surface area contributed by atoms with E-state index >= 15 is 0 Å². The Morgan fingerprint density at radius 2 is 1.35 bits per heavy atom. The van der Waals surface area contributed by atoms with Crippen molar-refractivity contribution in [1.29, 1.82) is 0 Å². The summed E-state index contributed by atoms with van der Waals surface area (Å²) in [5, 5.41) is 1.23. The summed E-state index contributed by atoms with van der Waals surface area (Å²) in [6.07, 6.45) is 17.3. The highest BCUT2D eigenvalue weighted by Crippen LogP contribution is 2.40. The van der Waals surface area contributed by atoms with E-state index in [0.717, 1.165) is 17.8 Å². The standard InChI is InChI=1S/C18H34S2/c1-14(19)16-10-11-17(13-16)18(20)12-15-8-6-4-2-3-5-7-9-15/h14-20H,2-13H2,1H3/t14-,16?,17?,18?/m0/s1. The normalized spacial score (nSPS) is 33.1. The third kappa shape index (κ3) is 5.48. The van der Waals surface area contributed by atoms with Gasteiger partial charge in [0.1, 0.15) is 0 Å². The zero-order chi connectivity index (χ0) is 14.4. The number of hydrogen-bond acceptors (Lipinski definition) is 2. The second-order valence-electron chi connectivity index (χ2n) is 7.44. The molecule has 2 saturated carbocycles. The fourth-order valence-corrected chi connectivity index (χ4v) is 5.17. The van der Waals surface area contributed by atoms with Gasteiger partial charge in [0, 0.05) is 10.5 Å². The summed E-state index contributed by atoms with van der Waals surface area (Å²) in [4.78, 5) is 0. The van der Waals surface area contributed by atoms with Crippen molar-refractivity contribution in [3.8, 4) is 0 Å². The van der Waals surface area contributed by atoms with Gasteiger partial charge in [0.25, 0.3) is 0 Å². The minimum Gasteiger partial charge on any atom is -0.176 e. The van der Waals surface area contributed by atoms with Crippen molar-refractivity contribution in [3.63, 3.8) is 0 Å². The minimum atomic E-state index is 0.574. The van der Waals surface area contributed by atoms with E-state index in [9.17, 15) is 0 Å². The largest absolute Gasteiger partial charge is 0.176 e. The Bertz CT molecular complexity index is 254. The molecular formula is C18H34S2. The van der Waals surface area contributed by atoms with Gasteiger partial charge >= 0.3 is 0 Å². The first-order chi connectivity index (χ1) is 9.66. The molecule has 2 aliphatic rings. The van der Waals surface area contributed by atoms with Crippen LogP contribution in [-0.4, -0.2) is 10.5 Å². The van der Waals surface area contributed by atoms with Gasteiger partial charge in [0.2, 0.25) is 0 Å². The van der Waals surface area contributed by atoms with Crippen molar-refractivity contribution in [2.75, 3.05) is 0 Å². The zero-order valence-electron chi connectivity index (χ0n) is 13.3. The molecule has 2 rings (SSSR count). The average molecular weight is 315 g/mol. The van der Waals surface area contributed by atoms with Crippen LogP contribution in [0.1, 0.15) is 84.0 Å². The summed E-state index contributed by atoms with van der Waals surface area (Å²) in [5.74, 6) is 2.67. The topological polar surface area (TPSA) is 0 Å². The summed E-state index contributed by atoms with van der Waals surface area (Å²) in [6.45, 7) is 2.27. The molecule has 0 aliphatic heterocycles. The van der Waals surface area contributed by atoms with Crippen LogP contribution in [0.3, 0.4) is 0 Å². The van der Waals surface area contributed by atoms with Crippen molar-refractivity contribution in [2.24, 2.45) is 17.8 Å². The molecule has 0 amide bonds. The lowest BCUT2D eigenvalue weighted by Crippen LogP contribution is -2.18. The second kappa shape index (κ2) is 8.98. The third-order valence-corrected chi connectivity index (χ3v) is 6.84. The highest BCUT2D eigenvalue weighted by atomic mass is 32.1. The molecular weight excluding hydrogens is 280 g/mol. The summed E-state index contributed by atoms with van der Waals surface area (Å²) in [5.41, 5.74) is 0. The van der Waals surface area contributed by atoms with Crippen LogP contribution < -0.4 is 0 Å². The van der Waals surface area contributed by atoms with Gasteiger partial charge in [-0.25, -0.2) is 0 Å². The van der Waals surface area contributed by atoms with Crippen molar-refractivity contribution in [1.82, 2.24) is 0 Å². The van der Waals surface area contributed by atoms with Crippen LogP contribution in [0.15, 0.2) is 0 Å². The van der Waals surface area contributed by atoms with Gasteiger partial charge in [0.05, 0.1) is 0 Å². The van der Waals surface area contributed by atoms with Gasteiger partial charge < -0.3 is 0 Å². The van der Waals surface area contributed by atoms with E-state index < -0.39 is 0 Å². The molecule has 0 heterocycles. The molecule has 0 spiro atoms. The lowest BCUT2D eigenvalue weighted by molar-refractivity contribution is 0.355. The maximum atomic E-state index is 5.01. The molecule has 0 aromatic heterocycles. The van der Waals surface area contributed by atoms with E-state index in [0.29, 0.717) is 10.5 Å². The average Bonchev–Trinajstić information content (AvgIpc) is 2.93. The Balaban J connectivity index is 1.76. The molecule has 2 heteroatoms. The van der Waals surface area contributed by atoms with Crippen molar-refractivity contribution in [3.05, 3.63) is 0 Å². The van der Waals surface area contributed by atoms with E-state index in [-0.39, 0.29) is 0 Å². The lowest BCUT2D eigenvalue weighted by atomic mass is 9.87. The molecule has 118 valence electrons. The van der Waals surface area contributed by atoms with Crippen LogP contribution >= 0.6 is 25.3 Å². The van der Waals surface area contributed by atoms with E-state index in [4.69, 9.17) is 12.6 Å². The Labute approximate surface area is 137 Å². The van der Waals surface area contributed by atoms with Gasteiger partial charge in [-0.3, -0.25) is 0 Å². The van der Waals surface area contributed by atoms with E-state index in [1.54, 1.807) is 0 Å². The molecule has 2 fully saturated rings. The Hall–Kier alpha value is 0.700. The van der Waals surface area contributed by atoms with Crippen molar-refractivity contribution < 1.29 is 0 Å². The molecule has 0 nitrogen and oxygen atoms in total. The summed E-state index contributed by atoms with van der Waals surface area (Å²) < 4.78 is 0. The van der Waals surface area contributed by atoms with Crippen LogP contribution in [0.2, 0.25) is 0 Å². The highest BCUT2D eigenvalue weighted by molar-refractivity contribution is 7.81. The van der Waals surface area contributed by atoms with E-state index in [1.807, 2.05) is 0 Å². The second-order valence-corrected chi connectivity index (χ2v) is 8.92. The molecule has 0 aromatic carbocycles. The Morgan fingerprint density at radius 1 is 0.800 bits per heavy atom. The number of rotatable bonds is 4. The molecule has 4 atom stereocenters. The van der Waals surface area contributed by atoms with Crippen molar-refractivity contribution in [2.45, 2.75) is 94.5 Å². The maximum absolute atomic E-state index is 5.01. The molecule has 20 heavy (non-hydrogen) atoms. The molecule has 2 aliphatic carbocycles. The molecule has 0 N–H and O–H groups in total. The predicted molar refractivity (Wildman–Crippen MR) is 97.1 cm³/mol. The number of thiol groups is 2. The highest BCUT2D eigenvalue weighted by Gasteiger charge is 2.31. The maximum Gasteiger partial charge on any atom is 0.00478 e. The summed E-state index contributed by atoms with van der Waals surface area (Å²) in [6, 6.07) is 0. The van der Waals surface area contributed by atoms with E-state index in [2.05, 4.69) is 19.6 Å². The van der Waals surface area contributed by atoms with Gasteiger partial charge in [-0.2, -0.15) is 25.3 Å². The molecule has 0 radical (unpaired) electrons. The van der Waals surface area contributed by atoms with Crippen LogP contribution in [-0.2, 0) is 0 Å². The quantitative estimate of drug-likeness (QED) is 0.570. The zero-order valence-corrected chi connectivity index (χ0v) is 15.1. The fraction of sp³-hybridized carbons (Fsp3) is 1.00. The predicted octanol–water partition coefficient (Wildman–Crippen LogP) is 6.16. The SMILES string of the molecule is C[C@H](S)C1CCC(C(S)CC2CCCCCCCC2)C1. The van der Waals surface area contributed by atoms with Crippen LogP contribution in [0.5, 0.6) is 0 Å². The van der Waals surface area contributed by atoms with Gasteiger partial charge in [-0.1, -0.05) is 58.3 Å². The Morgan fingerprint density at radius 3 is 1.90 bits per heavy atom. The van der Waals surface area contributed by atoms with Gasteiger partial charge in [-0.05, 0) is 43.4 Å². The molecule has 0 aromatic rings. The fourth-order valence-electron chi connectivity index (χ4n) is 4.33. The van der Waals surface area contributed by atoms with Crippen LogP contribution in [0.4, 0.5) is 0 Å². The van der Waals surface area contributed by atoms with E-state index in [1.165, 1.54) is 77.0 Å². The van der Waals surface area contributed by atoms with Gasteiger partial charge in [0.15, 0.2) is 0 Å². The Kier molecular flexibility index (Phi) is 7.66. The first-order valence-electron chi connectivity index (χ1n) is 9.03. The first-order valence-corrected chi connectivity index (χ1v) is 10.1. The summed E-state index contributed by atoms with van der Waals surface area (Å²) in [7, 11) is 0. The van der Waals surface area contributed by atoms with Crippen molar-refractivity contribution >= 4 is 25.3 Å². The van der Waals surface area contributed by atoms with Crippen LogP contribution in [0, 0.1) is 17.8 Å². The lowest BCUT2D eigenvalue weighted by Gasteiger charge is -2.25.